The van der Waals surface area contributed by atoms with Crippen LogP contribution in [0.3, 0.4) is 0 Å². The van der Waals surface area contributed by atoms with E-state index in [-0.39, 0.29) is 11.6 Å². The van der Waals surface area contributed by atoms with Gasteiger partial charge in [0.1, 0.15) is 11.6 Å². The zero-order chi connectivity index (χ0) is 25.1. The average Bonchev–Trinajstić information content (AvgIpc) is 3.31. The first kappa shape index (κ1) is 27.1. The van der Waals surface area contributed by atoms with E-state index >= 15 is 0 Å². The number of esters is 1. The molecule has 8 nitrogen and oxygen atoms in total. The second-order valence-corrected chi connectivity index (χ2v) is 9.44. The molecule has 0 aliphatic rings. The van der Waals surface area contributed by atoms with Gasteiger partial charge in [0, 0.05) is 12.7 Å². The largest absolute Gasteiger partial charge is 0.465 e. The Morgan fingerprint density at radius 2 is 1.71 bits per heavy atom. The van der Waals surface area contributed by atoms with E-state index < -0.39 is 0 Å². The zero-order valence-corrected chi connectivity index (χ0v) is 21.3. The van der Waals surface area contributed by atoms with Gasteiger partial charge < -0.3 is 9.47 Å². The van der Waals surface area contributed by atoms with Gasteiger partial charge in [-0.1, -0.05) is 47.2 Å². The number of benzene rings is 2. The summed E-state index contributed by atoms with van der Waals surface area (Å²) in [4.78, 5) is 22.9. The molecule has 34 heavy (non-hydrogen) atoms. The van der Waals surface area contributed by atoms with Gasteiger partial charge in [-0.25, -0.2) is 9.48 Å². The molecule has 1 heterocycles. The summed E-state index contributed by atoms with van der Waals surface area (Å²) < 4.78 is 12.9. The molecule has 1 aromatic heterocycles. The van der Waals surface area contributed by atoms with Crippen LogP contribution in [0.5, 0.6) is 0 Å². The molecule has 0 radical (unpaired) electrons. The quantitative estimate of drug-likeness (QED) is 0.259. The average molecular weight is 485 g/mol. The van der Waals surface area contributed by atoms with E-state index in [1.807, 2.05) is 58.2 Å². The Labute approximate surface area is 205 Å². The van der Waals surface area contributed by atoms with Gasteiger partial charge in [-0.05, 0) is 57.3 Å². The number of aryl methyl sites for hydroxylation is 1. The summed E-state index contributed by atoms with van der Waals surface area (Å²) in [6, 6.07) is 15.0. The van der Waals surface area contributed by atoms with Gasteiger partial charge in [-0.2, -0.15) is 0 Å². The predicted octanol–water partition coefficient (Wildman–Crippen LogP) is 4.74. The number of nitrogens with zero attached hydrogens (tertiary/aromatic N) is 4. The second kappa shape index (κ2) is 12.9. The molecule has 0 saturated heterocycles. The standard InChI is InChI=1S/C20H20N4O3S.C5H12O/c1-15-3-7-17(8-4-15)19-12-23(22-21-19)14-28-24(13-25)11-16-5-9-18(10-6-16)20(26)27-2;1-5(2,3)6-4/h3-10,12-13H,11,14H2,1-2H3;1-4H3. The number of ether oxygens (including phenoxy) is 2. The molecule has 0 N–H and O–H groups in total. The number of methoxy groups -OCH3 is 2. The Balaban J connectivity index is 0.000000604. The smallest absolute Gasteiger partial charge is 0.337 e. The summed E-state index contributed by atoms with van der Waals surface area (Å²) in [5.41, 5.74) is 4.40. The fourth-order valence-corrected chi connectivity index (χ4v) is 3.20. The summed E-state index contributed by atoms with van der Waals surface area (Å²) in [6.45, 7) is 8.51. The minimum atomic E-state index is -0.385. The third-order valence-corrected chi connectivity index (χ3v) is 5.61. The number of carbonyl (C=O) groups excluding carboxylic acids is 2. The topological polar surface area (TPSA) is 86.6 Å². The van der Waals surface area contributed by atoms with Crippen molar-refractivity contribution in [1.29, 1.82) is 0 Å². The monoisotopic (exact) mass is 484 g/mol. The van der Waals surface area contributed by atoms with Crippen molar-refractivity contribution in [3.63, 3.8) is 0 Å². The van der Waals surface area contributed by atoms with Crippen LogP contribution in [-0.2, 0) is 26.7 Å². The Morgan fingerprint density at radius 3 is 2.24 bits per heavy atom. The lowest BCUT2D eigenvalue weighted by molar-refractivity contribution is -0.114. The van der Waals surface area contributed by atoms with Crippen LogP contribution in [0.1, 0.15) is 42.3 Å². The van der Waals surface area contributed by atoms with Crippen molar-refractivity contribution < 1.29 is 19.1 Å². The van der Waals surface area contributed by atoms with Gasteiger partial charge in [0.2, 0.25) is 6.41 Å². The van der Waals surface area contributed by atoms with Gasteiger partial charge >= 0.3 is 5.97 Å². The van der Waals surface area contributed by atoms with Crippen LogP contribution in [0.2, 0.25) is 0 Å². The molecule has 0 spiro atoms. The van der Waals surface area contributed by atoms with Crippen molar-refractivity contribution in [2.45, 2.75) is 45.7 Å². The van der Waals surface area contributed by atoms with Crippen LogP contribution in [0.25, 0.3) is 11.3 Å². The van der Waals surface area contributed by atoms with E-state index in [1.54, 1.807) is 40.4 Å². The second-order valence-electron chi connectivity index (χ2n) is 8.45. The van der Waals surface area contributed by atoms with Crippen LogP contribution >= 0.6 is 11.9 Å². The molecule has 9 heteroatoms. The van der Waals surface area contributed by atoms with E-state index in [1.165, 1.54) is 24.6 Å². The zero-order valence-electron chi connectivity index (χ0n) is 20.5. The van der Waals surface area contributed by atoms with Crippen molar-refractivity contribution in [3.8, 4) is 11.3 Å². The van der Waals surface area contributed by atoms with Gasteiger partial charge in [0.15, 0.2) is 0 Å². The number of carbonyl (C=O) groups is 2. The van der Waals surface area contributed by atoms with Crippen LogP contribution in [0, 0.1) is 6.92 Å². The highest BCUT2D eigenvalue weighted by Crippen LogP contribution is 2.19. The lowest BCUT2D eigenvalue weighted by atomic mass is 10.1. The number of aromatic nitrogens is 3. The maximum Gasteiger partial charge on any atom is 0.337 e. The number of hydrogen-bond donors (Lipinski definition) is 0. The molecule has 3 aromatic rings. The fraction of sp³-hybridized carbons (Fsp3) is 0.360. The summed E-state index contributed by atoms with van der Waals surface area (Å²) in [6.07, 6.45) is 2.63. The summed E-state index contributed by atoms with van der Waals surface area (Å²) in [5.74, 6) is 0.0708. The molecular formula is C25H32N4O4S. The number of rotatable bonds is 8. The number of hydrogen-bond acceptors (Lipinski definition) is 7. The molecule has 3 rings (SSSR count). The molecular weight excluding hydrogens is 452 g/mol. The predicted molar refractivity (Wildman–Crippen MR) is 134 cm³/mol. The minimum Gasteiger partial charge on any atom is -0.465 e. The van der Waals surface area contributed by atoms with Gasteiger partial charge in [0.25, 0.3) is 0 Å². The molecule has 0 unspecified atom stereocenters. The highest BCUT2D eigenvalue weighted by molar-refractivity contribution is 7.96. The van der Waals surface area contributed by atoms with Crippen LogP contribution in [0.4, 0.5) is 0 Å². The molecule has 2 aromatic carbocycles. The van der Waals surface area contributed by atoms with Crippen molar-refractivity contribution >= 4 is 24.3 Å². The van der Waals surface area contributed by atoms with E-state index in [9.17, 15) is 9.59 Å². The first-order valence-electron chi connectivity index (χ1n) is 10.7. The van der Waals surface area contributed by atoms with Gasteiger partial charge in [0.05, 0.1) is 31.0 Å². The molecule has 0 bridgehead atoms. The van der Waals surface area contributed by atoms with E-state index in [0.29, 0.717) is 18.0 Å². The summed E-state index contributed by atoms with van der Waals surface area (Å²) in [7, 11) is 3.05. The van der Waals surface area contributed by atoms with E-state index in [0.717, 1.165) is 23.2 Å². The first-order chi connectivity index (χ1) is 16.1. The van der Waals surface area contributed by atoms with Crippen molar-refractivity contribution in [1.82, 2.24) is 19.3 Å². The third kappa shape index (κ3) is 8.99. The highest BCUT2D eigenvalue weighted by Gasteiger charge is 2.09. The Morgan fingerprint density at radius 1 is 1.09 bits per heavy atom. The Hall–Kier alpha value is -3.17. The summed E-state index contributed by atoms with van der Waals surface area (Å²) in [5, 5.41) is 8.31. The Bertz CT molecular complexity index is 1040. The normalized spacial score (nSPS) is 10.8. The van der Waals surface area contributed by atoms with Crippen molar-refractivity contribution in [3.05, 3.63) is 71.4 Å². The molecule has 0 fully saturated rings. The SMILES string of the molecule is COC(=O)c1ccc(CN(C=O)SCn2cc(-c3ccc(C)cc3)nn2)cc1.COC(C)(C)C. The third-order valence-electron chi connectivity index (χ3n) is 4.69. The maximum atomic E-state index is 11.5. The number of amides is 1. The van der Waals surface area contributed by atoms with E-state index in [4.69, 9.17) is 4.74 Å². The fourth-order valence-electron chi connectivity index (χ4n) is 2.51. The Kier molecular flexibility index (Phi) is 10.3. The molecule has 0 aliphatic carbocycles. The van der Waals surface area contributed by atoms with Crippen molar-refractivity contribution in [2.24, 2.45) is 0 Å². The minimum absolute atomic E-state index is 0.0417. The molecule has 0 atom stereocenters. The maximum absolute atomic E-state index is 11.5. The van der Waals surface area contributed by atoms with Crippen LogP contribution in [-0.4, -0.2) is 51.5 Å². The van der Waals surface area contributed by atoms with Crippen LogP contribution < -0.4 is 0 Å². The molecule has 1 amide bonds. The van der Waals surface area contributed by atoms with Gasteiger partial charge in [-0.3, -0.25) is 9.10 Å². The molecule has 182 valence electrons. The highest BCUT2D eigenvalue weighted by atomic mass is 32.2. The summed E-state index contributed by atoms with van der Waals surface area (Å²) >= 11 is 1.33. The lowest BCUT2D eigenvalue weighted by Crippen LogP contribution is -2.15. The lowest BCUT2D eigenvalue weighted by Gasteiger charge is -2.15. The van der Waals surface area contributed by atoms with Crippen LogP contribution in [0.15, 0.2) is 54.7 Å². The van der Waals surface area contributed by atoms with Crippen molar-refractivity contribution in [2.75, 3.05) is 14.2 Å². The first-order valence-corrected chi connectivity index (χ1v) is 11.6. The molecule has 0 aliphatic heterocycles. The van der Waals surface area contributed by atoms with E-state index in [2.05, 4.69) is 15.0 Å². The molecule has 0 saturated carbocycles. The van der Waals surface area contributed by atoms with Gasteiger partial charge in [-0.15, -0.1) is 5.10 Å².